The zero-order valence-corrected chi connectivity index (χ0v) is 40.5. The van der Waals surface area contributed by atoms with Crippen LogP contribution < -0.4 is 21.7 Å². The van der Waals surface area contributed by atoms with E-state index in [0.717, 1.165) is 5.56 Å². The van der Waals surface area contributed by atoms with Crippen molar-refractivity contribution in [1.29, 1.82) is 0 Å². The smallest absolute Gasteiger partial charge is 0.312 e. The van der Waals surface area contributed by atoms with E-state index in [9.17, 15) is 38.4 Å². The third kappa shape index (κ3) is 21.5. The lowest BCUT2D eigenvalue weighted by molar-refractivity contribution is -0.159. The third-order valence-electron chi connectivity index (χ3n) is 10.3. The number of carbonyl (C=O) groups excluding carboxylic acids is 8. The number of urea groups is 1. The first-order valence-corrected chi connectivity index (χ1v) is 23.1. The number of anilines is 1. The van der Waals surface area contributed by atoms with Gasteiger partial charge in [-0.2, -0.15) is 11.8 Å². The molecule has 1 aliphatic heterocycles. The van der Waals surface area contributed by atoms with E-state index in [1.165, 1.54) is 16.7 Å². The van der Waals surface area contributed by atoms with Gasteiger partial charge in [0.1, 0.15) is 6.61 Å². The van der Waals surface area contributed by atoms with Gasteiger partial charge in [-0.3, -0.25) is 33.6 Å². The first kappa shape index (κ1) is 54.5. The number of hydrogen-bond acceptors (Lipinski definition) is 10. The molecule has 1 saturated heterocycles. The lowest BCUT2D eigenvalue weighted by Gasteiger charge is -2.42. The van der Waals surface area contributed by atoms with Crippen molar-refractivity contribution in [2.45, 2.75) is 140 Å². The van der Waals surface area contributed by atoms with Crippen molar-refractivity contribution >= 4 is 64.8 Å². The van der Waals surface area contributed by atoms with Crippen LogP contribution in [0, 0.1) is 28.1 Å². The van der Waals surface area contributed by atoms with Gasteiger partial charge in [0.25, 0.3) is 0 Å². The molecule has 1 aliphatic rings. The molecule has 0 aliphatic carbocycles. The molecule has 17 heteroatoms. The number of hydrogen-bond donors (Lipinski definition) is 4. The fraction of sp³-hybridized carbons (Fsp3) is 0.696. The molecule has 63 heavy (non-hydrogen) atoms. The van der Waals surface area contributed by atoms with Gasteiger partial charge >= 0.3 is 12.0 Å². The highest BCUT2D eigenvalue weighted by Crippen LogP contribution is 2.25. The van der Waals surface area contributed by atoms with Crippen LogP contribution in [0.3, 0.4) is 0 Å². The van der Waals surface area contributed by atoms with Gasteiger partial charge in [0.05, 0.1) is 37.2 Å². The Labute approximate surface area is 379 Å². The van der Waals surface area contributed by atoms with Crippen LogP contribution in [0.15, 0.2) is 24.3 Å². The second kappa shape index (κ2) is 25.0. The number of Topliss-reactive ketones (excluding diaryl/α,β-unsaturated/α-hetero) is 1. The van der Waals surface area contributed by atoms with Crippen molar-refractivity contribution in [3.63, 3.8) is 0 Å². The molecule has 0 unspecified atom stereocenters. The molecular weight excluding hydrogens is 827 g/mol. The maximum atomic E-state index is 13.8. The van der Waals surface area contributed by atoms with Gasteiger partial charge in [-0.25, -0.2) is 4.79 Å². The van der Waals surface area contributed by atoms with Crippen LogP contribution in [-0.4, -0.2) is 106 Å². The van der Waals surface area contributed by atoms with E-state index in [-0.39, 0.29) is 104 Å². The van der Waals surface area contributed by atoms with Gasteiger partial charge in [0.2, 0.25) is 29.5 Å². The van der Waals surface area contributed by atoms with Gasteiger partial charge in [-0.15, -0.1) is 0 Å². The molecular formula is C46H75N7O9S. The number of rotatable bonds is 22. The van der Waals surface area contributed by atoms with Crippen molar-refractivity contribution < 1.29 is 43.1 Å². The van der Waals surface area contributed by atoms with E-state index >= 15 is 0 Å². The number of ether oxygens (including phenoxy) is 1. The summed E-state index contributed by atoms with van der Waals surface area (Å²) in [5.41, 5.74) is 5.67. The quantitative estimate of drug-likeness (QED) is 0.0783. The summed E-state index contributed by atoms with van der Waals surface area (Å²) >= 11 is 1.23. The summed E-state index contributed by atoms with van der Waals surface area (Å²) in [6.07, 6.45) is 2.47. The summed E-state index contributed by atoms with van der Waals surface area (Å²) < 4.78 is 5.37. The predicted octanol–water partition coefficient (Wildman–Crippen LogP) is 6.03. The number of primary amides is 1. The maximum Gasteiger partial charge on any atom is 0.312 e. The fourth-order valence-electron chi connectivity index (χ4n) is 6.37. The highest BCUT2D eigenvalue weighted by Gasteiger charge is 2.33. The number of esters is 1. The minimum Gasteiger partial charge on any atom is -0.460 e. The number of nitrogens with two attached hydrogens (primary N) is 1. The summed E-state index contributed by atoms with van der Waals surface area (Å²) in [5, 5.41) is 8.18. The van der Waals surface area contributed by atoms with Crippen LogP contribution >= 0.6 is 11.8 Å². The molecule has 0 saturated carbocycles. The summed E-state index contributed by atoms with van der Waals surface area (Å²) in [5.74, 6) is -2.77. The van der Waals surface area contributed by atoms with Crippen LogP contribution in [-0.2, 0) is 44.9 Å². The van der Waals surface area contributed by atoms with Gasteiger partial charge in [0, 0.05) is 49.6 Å². The second-order valence-corrected chi connectivity index (χ2v) is 21.4. The molecule has 5 N–H and O–H groups in total. The SMILES string of the molecule is CC(C)[C@H](NC(=O)CSCCC(=O)N1CN(C(=O)CCC(C)(C)C)CN(C(=O)CCC(C)(C)C)C1)C(=O)C[C@@H](CCCNC(N)=O)C(=O)Nc1ccc(COC(=O)C(C)(C)C)cc1. The first-order valence-electron chi connectivity index (χ1n) is 22.0. The summed E-state index contributed by atoms with van der Waals surface area (Å²) in [7, 11) is 0. The number of ketones is 1. The molecule has 2 atom stereocenters. The molecule has 1 aromatic rings. The van der Waals surface area contributed by atoms with Gasteiger partial charge < -0.3 is 41.1 Å². The third-order valence-corrected chi connectivity index (χ3v) is 11.3. The number of amides is 7. The molecule has 2 rings (SSSR count). The standard InChI is InChI=1S/C46H75N7O9S/c1-31(2)40(35(54)25-33(13-12-23-48-43(47)61)41(59)49-34-16-14-32(15-17-34)26-62-42(60)46(9,10)11)50-36(55)27-63-24-20-39(58)53-29-51(37(56)18-21-44(3,4)5)28-52(30-53)38(57)19-22-45(6,7)8/h14-17,31,33,40H,12-13,18-30H2,1-11H3,(H,49,59)(H,50,55)(H3,47,48,61)/t33-,40+/m1/s1. The highest BCUT2D eigenvalue weighted by atomic mass is 32.2. The van der Waals surface area contributed by atoms with E-state index < -0.39 is 35.2 Å². The number of thioether (sulfide) groups is 1. The summed E-state index contributed by atoms with van der Waals surface area (Å²) in [6.45, 7) is 21.8. The van der Waals surface area contributed by atoms with Crippen LogP contribution in [0.1, 0.15) is 133 Å². The average Bonchev–Trinajstić information content (AvgIpc) is 3.18. The normalized spacial score (nSPS) is 14.4. The van der Waals surface area contributed by atoms with Crippen molar-refractivity contribution in [3.8, 4) is 0 Å². The number of benzene rings is 1. The van der Waals surface area contributed by atoms with Gasteiger partial charge in [0.15, 0.2) is 5.78 Å². The van der Waals surface area contributed by atoms with Crippen LogP contribution in [0.25, 0.3) is 0 Å². The molecule has 1 aromatic carbocycles. The summed E-state index contributed by atoms with van der Waals surface area (Å²) in [4.78, 5) is 109. The summed E-state index contributed by atoms with van der Waals surface area (Å²) in [6, 6.07) is 5.22. The Morgan fingerprint density at radius 2 is 1.27 bits per heavy atom. The molecule has 0 bridgehead atoms. The lowest BCUT2D eigenvalue weighted by atomic mass is 9.89. The Balaban J connectivity index is 2.03. The molecule has 16 nitrogen and oxygen atoms in total. The molecule has 354 valence electrons. The zero-order chi connectivity index (χ0) is 47.7. The second-order valence-electron chi connectivity index (χ2n) is 20.3. The molecule has 1 fully saturated rings. The lowest BCUT2D eigenvalue weighted by Crippen LogP contribution is -2.59. The molecule has 0 aromatic heterocycles. The predicted molar refractivity (Wildman–Crippen MR) is 245 cm³/mol. The van der Waals surface area contributed by atoms with E-state index in [4.69, 9.17) is 10.5 Å². The Bertz CT molecular complexity index is 1690. The number of carbonyl (C=O) groups is 8. The van der Waals surface area contributed by atoms with Gasteiger partial charge in [-0.1, -0.05) is 67.5 Å². The monoisotopic (exact) mass is 902 g/mol. The van der Waals surface area contributed by atoms with Crippen molar-refractivity contribution in [2.75, 3.05) is 43.4 Å². The molecule has 7 amide bonds. The van der Waals surface area contributed by atoms with Gasteiger partial charge in [-0.05, 0) is 80.9 Å². The first-order chi connectivity index (χ1) is 29.1. The Hall–Kier alpha value is -4.67. The van der Waals surface area contributed by atoms with E-state index in [0.29, 0.717) is 43.5 Å². The van der Waals surface area contributed by atoms with Crippen molar-refractivity contribution in [1.82, 2.24) is 25.3 Å². The number of nitrogens with one attached hydrogen (secondary N) is 3. The van der Waals surface area contributed by atoms with Crippen LogP contribution in [0.5, 0.6) is 0 Å². The van der Waals surface area contributed by atoms with Crippen molar-refractivity contribution in [3.05, 3.63) is 29.8 Å². The minimum absolute atomic E-state index is 0.0211. The Morgan fingerprint density at radius 3 is 1.73 bits per heavy atom. The van der Waals surface area contributed by atoms with Crippen molar-refractivity contribution in [2.24, 2.45) is 33.8 Å². The largest absolute Gasteiger partial charge is 0.460 e. The van der Waals surface area contributed by atoms with E-state index in [2.05, 4.69) is 57.5 Å². The minimum atomic E-state index is -0.883. The van der Waals surface area contributed by atoms with Crippen LogP contribution in [0.2, 0.25) is 0 Å². The van der Waals surface area contributed by atoms with E-state index in [1.54, 1.807) is 68.7 Å². The van der Waals surface area contributed by atoms with Crippen LogP contribution in [0.4, 0.5) is 10.5 Å². The Morgan fingerprint density at radius 1 is 0.762 bits per heavy atom. The molecule has 0 spiro atoms. The molecule has 1 heterocycles. The fourth-order valence-corrected chi connectivity index (χ4v) is 7.10. The number of nitrogens with zero attached hydrogens (tertiary/aromatic N) is 3. The topological polar surface area (TPSA) is 218 Å². The average molecular weight is 902 g/mol. The Kier molecular flexibility index (Phi) is 21.6. The van der Waals surface area contributed by atoms with E-state index in [1.807, 2.05) is 0 Å². The molecule has 0 radical (unpaired) electrons. The highest BCUT2D eigenvalue weighted by molar-refractivity contribution is 7.99. The maximum absolute atomic E-state index is 13.8. The zero-order valence-electron chi connectivity index (χ0n) is 39.6.